The third-order valence-corrected chi connectivity index (χ3v) is 11.0. The molecule has 1 unspecified atom stereocenters. The van der Waals surface area contributed by atoms with Gasteiger partial charge in [0, 0.05) is 66.2 Å². The molecular formula is C37H44N6Na2O10S2. The summed E-state index contributed by atoms with van der Waals surface area (Å²) in [5.74, 6) is -2.99. The van der Waals surface area contributed by atoms with Gasteiger partial charge in [-0.3, -0.25) is 24.2 Å². The van der Waals surface area contributed by atoms with E-state index < -0.39 is 49.6 Å². The topological polar surface area (TPSA) is 259 Å². The van der Waals surface area contributed by atoms with Gasteiger partial charge in [0.2, 0.25) is 11.8 Å². The number of carbonyl (C=O) groups excluding carboxylic acids is 4. The van der Waals surface area contributed by atoms with Crippen LogP contribution >= 0.6 is 0 Å². The van der Waals surface area contributed by atoms with Gasteiger partial charge in [0.05, 0.1) is 49.2 Å². The second-order valence-corrected chi connectivity index (χ2v) is 16.3. The van der Waals surface area contributed by atoms with Crippen LogP contribution in [-0.2, 0) is 52.3 Å². The van der Waals surface area contributed by atoms with E-state index in [0.29, 0.717) is 50.8 Å². The predicted molar refractivity (Wildman–Crippen MR) is 204 cm³/mol. The van der Waals surface area contributed by atoms with Crippen LogP contribution in [0.4, 0.5) is 0 Å². The molecule has 0 saturated carbocycles. The van der Waals surface area contributed by atoms with E-state index in [4.69, 9.17) is 4.99 Å². The molecule has 4 rings (SSSR count). The number of amides is 4. The number of rotatable bonds is 18. The minimum atomic E-state index is -4.52. The van der Waals surface area contributed by atoms with Crippen molar-refractivity contribution in [3.8, 4) is 0 Å². The molecule has 0 aliphatic carbocycles. The Kier molecular flexibility index (Phi) is 18.6. The van der Waals surface area contributed by atoms with Gasteiger partial charge in [0.15, 0.2) is 0 Å². The Balaban J connectivity index is 0.00000561. The molecule has 0 saturated heterocycles. The van der Waals surface area contributed by atoms with Crippen LogP contribution in [0, 0.1) is 6.92 Å². The van der Waals surface area contributed by atoms with Crippen molar-refractivity contribution >= 4 is 55.7 Å². The van der Waals surface area contributed by atoms with Gasteiger partial charge >= 0.3 is 59.1 Å². The van der Waals surface area contributed by atoms with E-state index in [0.717, 1.165) is 22.3 Å². The van der Waals surface area contributed by atoms with E-state index in [1.165, 1.54) is 6.08 Å². The van der Waals surface area contributed by atoms with Crippen molar-refractivity contribution in [2.24, 2.45) is 4.99 Å². The van der Waals surface area contributed by atoms with Gasteiger partial charge in [-0.15, -0.1) is 0 Å². The fourth-order valence-electron chi connectivity index (χ4n) is 6.55. The molecule has 0 bridgehead atoms. The molecule has 20 heteroatoms. The standard InChI is InChI=1S/C37H46N6O10S2.2Na/c1-7-24-23(6)36(46)43-31(24)18-29-22(5)27(10-12-35(45)39-14-16-55(51,52)53)33(41-29)19-32-26(9-11-34(44)38-13-15-54(48,49)50)21(4)28(40-32)17-30-20(3)25(8-2)37(47)42-30;;/h7-8,17-18,33,40H,1-2,9-16,19H2,3-6H3,(H,38,44)(H,39,45)(H,42,47)(H,43,46)(H,48,49,50)(H,51,52,53);;/q;2*+1/p-2/b30-17-,31-18-;;. The van der Waals surface area contributed by atoms with Crippen LogP contribution < -0.4 is 80.4 Å². The molecule has 4 heterocycles. The number of H-pyrrole nitrogens is 1. The SMILES string of the molecule is C=CC1=C(C)/C(=C/c2[nH]c(CC3N=C(/C=C4\NC(=O)C(C)=C4C=C)C(C)=C3CCC(=O)NCCS(=O)(=O)[O-])c(CCC(=O)NCCS(=O)(=O)[O-])c2C)NC1=O.[Na+].[Na+]. The van der Waals surface area contributed by atoms with Crippen LogP contribution in [0.5, 0.6) is 0 Å². The van der Waals surface area contributed by atoms with E-state index in [1.54, 1.807) is 32.1 Å². The first-order valence-corrected chi connectivity index (χ1v) is 20.5. The number of aromatic nitrogens is 1. The minimum Gasteiger partial charge on any atom is -0.748 e. The molecule has 16 nitrogen and oxygen atoms in total. The normalized spacial score (nSPS) is 18.4. The number of aliphatic imine (C=N–C) groups is 1. The first-order chi connectivity index (χ1) is 25.7. The zero-order valence-electron chi connectivity index (χ0n) is 33.0. The Bertz CT molecular complexity index is 2270. The van der Waals surface area contributed by atoms with E-state index in [2.05, 4.69) is 39.4 Å². The molecule has 296 valence electrons. The van der Waals surface area contributed by atoms with Crippen LogP contribution in [0.2, 0.25) is 0 Å². The summed E-state index contributed by atoms with van der Waals surface area (Å²) in [4.78, 5) is 58.9. The third-order valence-electron chi connectivity index (χ3n) is 9.60. The zero-order chi connectivity index (χ0) is 40.8. The van der Waals surface area contributed by atoms with E-state index >= 15 is 0 Å². The summed E-state index contributed by atoms with van der Waals surface area (Å²) in [7, 11) is -9.03. The summed E-state index contributed by atoms with van der Waals surface area (Å²) in [6.45, 7) is 14.0. The number of nitrogens with one attached hydrogen (secondary N) is 5. The molecule has 1 atom stereocenters. The van der Waals surface area contributed by atoms with Crippen LogP contribution in [0.15, 0.2) is 81.2 Å². The Morgan fingerprint density at radius 2 is 1.32 bits per heavy atom. The molecule has 4 amide bonds. The molecular weight excluding hydrogens is 799 g/mol. The Morgan fingerprint density at radius 1 is 0.772 bits per heavy atom. The van der Waals surface area contributed by atoms with Crippen molar-refractivity contribution in [3.05, 3.63) is 98.7 Å². The van der Waals surface area contributed by atoms with Gasteiger partial charge in [-0.25, -0.2) is 16.8 Å². The summed E-state index contributed by atoms with van der Waals surface area (Å²) >= 11 is 0. The van der Waals surface area contributed by atoms with Crippen molar-refractivity contribution < 1.29 is 104 Å². The number of hydrogen-bond acceptors (Lipinski definition) is 11. The van der Waals surface area contributed by atoms with Crippen LogP contribution in [-0.4, -0.2) is 90.9 Å². The first-order valence-electron chi connectivity index (χ1n) is 17.3. The summed E-state index contributed by atoms with van der Waals surface area (Å²) in [5.41, 5.74) is 8.26. The molecule has 57 heavy (non-hydrogen) atoms. The molecule has 3 aliphatic rings. The smallest absolute Gasteiger partial charge is 0.748 e. The average molecular weight is 843 g/mol. The Hall–Kier alpha value is -3.17. The summed E-state index contributed by atoms with van der Waals surface area (Å²) in [5, 5.41) is 10.6. The first kappa shape index (κ1) is 50.0. The van der Waals surface area contributed by atoms with Crippen molar-refractivity contribution in [2.75, 3.05) is 24.6 Å². The Morgan fingerprint density at radius 3 is 1.84 bits per heavy atom. The molecule has 0 aromatic carbocycles. The van der Waals surface area contributed by atoms with Crippen LogP contribution in [0.25, 0.3) is 6.08 Å². The maximum Gasteiger partial charge on any atom is 1.00 e. The van der Waals surface area contributed by atoms with Crippen LogP contribution in [0.3, 0.4) is 0 Å². The fraction of sp³-hybridized carbons (Fsp3) is 0.378. The summed E-state index contributed by atoms with van der Waals surface area (Å²) in [6, 6.07) is -0.537. The van der Waals surface area contributed by atoms with Gasteiger partial charge in [-0.2, -0.15) is 0 Å². The monoisotopic (exact) mass is 842 g/mol. The second-order valence-electron chi connectivity index (χ2n) is 13.2. The average Bonchev–Trinajstić information content (AvgIpc) is 3.73. The van der Waals surface area contributed by atoms with Gasteiger partial charge in [-0.05, 0) is 80.5 Å². The molecule has 1 aromatic heterocycles. The minimum absolute atomic E-state index is 0. The second kappa shape index (κ2) is 21.2. The largest absolute Gasteiger partial charge is 1.00 e. The van der Waals surface area contributed by atoms with E-state index in [-0.39, 0.29) is 116 Å². The van der Waals surface area contributed by atoms with E-state index in [9.17, 15) is 45.1 Å². The molecule has 0 fully saturated rings. The van der Waals surface area contributed by atoms with E-state index in [1.807, 2.05) is 13.8 Å². The molecule has 1 aromatic rings. The van der Waals surface area contributed by atoms with Crippen molar-refractivity contribution in [3.63, 3.8) is 0 Å². The van der Waals surface area contributed by atoms with Gasteiger partial charge in [0.25, 0.3) is 11.8 Å². The molecule has 5 N–H and O–H groups in total. The molecule has 3 aliphatic heterocycles. The van der Waals surface area contributed by atoms with Crippen molar-refractivity contribution in [1.29, 1.82) is 0 Å². The van der Waals surface area contributed by atoms with Gasteiger partial charge in [0.1, 0.15) is 0 Å². The summed E-state index contributed by atoms with van der Waals surface area (Å²) < 4.78 is 66.1. The van der Waals surface area contributed by atoms with Crippen molar-refractivity contribution in [2.45, 2.75) is 65.8 Å². The molecule has 0 spiro atoms. The third kappa shape index (κ3) is 13.4. The predicted octanol–water partition coefficient (Wildman–Crippen LogP) is -4.46. The van der Waals surface area contributed by atoms with Crippen LogP contribution in [0.1, 0.15) is 62.5 Å². The fourth-order valence-corrected chi connectivity index (χ4v) is 7.25. The maximum absolute atomic E-state index is 12.7. The number of hydrogen-bond donors (Lipinski definition) is 5. The molecule has 0 radical (unpaired) electrons. The number of aromatic amines is 1. The Labute approximate surface area is 377 Å². The van der Waals surface area contributed by atoms with Gasteiger partial charge in [-0.1, -0.05) is 25.3 Å². The zero-order valence-corrected chi connectivity index (χ0v) is 38.6. The maximum atomic E-state index is 12.7. The number of carbonyl (C=O) groups is 4. The summed E-state index contributed by atoms with van der Waals surface area (Å²) in [6.07, 6.45) is 7.16. The quantitative estimate of drug-likeness (QED) is 0.0700. The number of nitrogens with zero attached hydrogens (tertiary/aromatic N) is 1. The van der Waals surface area contributed by atoms with Gasteiger partial charge < -0.3 is 35.4 Å². The number of allylic oxidation sites excluding steroid dienone is 4. The van der Waals surface area contributed by atoms with Crippen molar-refractivity contribution in [1.82, 2.24) is 26.3 Å².